The number of rotatable bonds is 7. The van der Waals surface area contributed by atoms with Gasteiger partial charge in [0, 0.05) is 39.0 Å². The highest BCUT2D eigenvalue weighted by atomic mass is 15.1. The second-order valence-electron chi connectivity index (χ2n) is 14.9. The molecule has 0 amide bonds. The van der Waals surface area contributed by atoms with Crippen LogP contribution in [0.4, 0.5) is 17.1 Å². The van der Waals surface area contributed by atoms with Crippen LogP contribution in [0.3, 0.4) is 0 Å². The molecule has 0 aliphatic rings. The normalized spacial score (nSPS) is 11.4. The summed E-state index contributed by atoms with van der Waals surface area (Å²) in [6.45, 7) is 0. The monoisotopic (exact) mass is 738 g/mol. The SMILES string of the molecule is c1ccc(-c2ccccc2N(c2cccc(-c3ccc(-c4ccccc4)c4c3c3ccccc3n4-c3ccccc3)c2)c2ccc3c(ccc4ccccc43)c2)cc1. The quantitative estimate of drug-likeness (QED) is 0.148. The fraction of sp³-hybridized carbons (Fsp3) is 0. The molecule has 1 aromatic heterocycles. The molecule has 11 aromatic rings. The summed E-state index contributed by atoms with van der Waals surface area (Å²) in [7, 11) is 0. The molecule has 0 aliphatic heterocycles. The van der Waals surface area contributed by atoms with Crippen LogP contribution in [-0.4, -0.2) is 4.57 Å². The van der Waals surface area contributed by atoms with Crippen LogP contribution in [0.15, 0.2) is 231 Å². The second kappa shape index (κ2) is 14.1. The third kappa shape index (κ3) is 5.66. The summed E-state index contributed by atoms with van der Waals surface area (Å²) in [6.07, 6.45) is 0. The van der Waals surface area contributed by atoms with Crippen LogP contribution >= 0.6 is 0 Å². The predicted molar refractivity (Wildman–Crippen MR) is 247 cm³/mol. The van der Waals surface area contributed by atoms with E-state index in [0.29, 0.717) is 0 Å². The van der Waals surface area contributed by atoms with E-state index in [-0.39, 0.29) is 0 Å². The topological polar surface area (TPSA) is 8.17 Å². The van der Waals surface area contributed by atoms with Gasteiger partial charge in [-0.15, -0.1) is 0 Å². The van der Waals surface area contributed by atoms with Crippen molar-refractivity contribution >= 4 is 60.4 Å². The molecular weight excluding hydrogens is 701 g/mol. The molecule has 2 heteroatoms. The number of anilines is 3. The Morgan fingerprint density at radius 3 is 1.72 bits per heavy atom. The van der Waals surface area contributed by atoms with Crippen LogP contribution in [0.25, 0.3) is 82.4 Å². The third-order valence-electron chi connectivity index (χ3n) is 11.5. The lowest BCUT2D eigenvalue weighted by Gasteiger charge is -2.29. The first-order valence-corrected chi connectivity index (χ1v) is 19.9. The Morgan fingerprint density at radius 1 is 0.328 bits per heavy atom. The van der Waals surface area contributed by atoms with Crippen LogP contribution in [-0.2, 0) is 0 Å². The Hall–Kier alpha value is -7.68. The number of hydrogen-bond acceptors (Lipinski definition) is 1. The molecule has 0 unspecified atom stereocenters. The first kappa shape index (κ1) is 33.6. The Morgan fingerprint density at radius 2 is 0.914 bits per heavy atom. The van der Waals surface area contributed by atoms with Gasteiger partial charge in [0.2, 0.25) is 0 Å². The summed E-state index contributed by atoms with van der Waals surface area (Å²) in [6, 6.07) is 83.7. The minimum absolute atomic E-state index is 1.09. The molecule has 0 fully saturated rings. The van der Waals surface area contributed by atoms with Gasteiger partial charge in [0.25, 0.3) is 0 Å². The maximum atomic E-state index is 2.45. The maximum Gasteiger partial charge on any atom is 0.0625 e. The van der Waals surface area contributed by atoms with Crippen LogP contribution in [0.1, 0.15) is 0 Å². The minimum Gasteiger partial charge on any atom is -0.310 e. The van der Waals surface area contributed by atoms with Gasteiger partial charge in [-0.2, -0.15) is 0 Å². The zero-order chi connectivity index (χ0) is 38.4. The van der Waals surface area contributed by atoms with Gasteiger partial charge in [-0.25, -0.2) is 0 Å². The molecule has 1 heterocycles. The molecule has 11 rings (SSSR count). The van der Waals surface area contributed by atoms with Crippen molar-refractivity contribution in [2.45, 2.75) is 0 Å². The van der Waals surface area contributed by atoms with Gasteiger partial charge in [-0.3, -0.25) is 0 Å². The van der Waals surface area contributed by atoms with Gasteiger partial charge >= 0.3 is 0 Å². The van der Waals surface area contributed by atoms with Crippen LogP contribution in [0.2, 0.25) is 0 Å². The zero-order valence-electron chi connectivity index (χ0n) is 31.8. The summed E-state index contributed by atoms with van der Waals surface area (Å²) in [5.74, 6) is 0. The van der Waals surface area contributed by atoms with Gasteiger partial charge in [0.1, 0.15) is 0 Å². The molecule has 58 heavy (non-hydrogen) atoms. The maximum absolute atomic E-state index is 2.45. The summed E-state index contributed by atoms with van der Waals surface area (Å²) >= 11 is 0. The van der Waals surface area contributed by atoms with E-state index in [1.165, 1.54) is 71.2 Å². The Kier molecular flexibility index (Phi) is 8.19. The van der Waals surface area contributed by atoms with E-state index in [1.807, 2.05) is 0 Å². The van der Waals surface area contributed by atoms with Gasteiger partial charge in [0.05, 0.1) is 16.7 Å². The fourth-order valence-electron chi connectivity index (χ4n) is 8.94. The molecule has 272 valence electrons. The standard InChI is InChI=1S/C56H38N2/c1-4-17-39(18-5-1)49-27-12-14-29-53(49)57(46-33-34-48-43(38-46)32-31-41-21-10-11-26-47(41)48)45-25-16-22-42(37-45)50-35-36-51(40-19-6-2-7-20-40)56-55(50)52-28-13-15-30-54(52)58(56)44-23-8-3-9-24-44/h1-38H. The number of benzene rings is 10. The number of hydrogen-bond donors (Lipinski definition) is 0. The van der Waals surface area contributed by atoms with Crippen molar-refractivity contribution in [3.05, 3.63) is 231 Å². The number of nitrogens with zero attached hydrogens (tertiary/aromatic N) is 2. The molecule has 0 bridgehead atoms. The number of aromatic nitrogens is 1. The largest absolute Gasteiger partial charge is 0.310 e. The molecule has 0 saturated heterocycles. The second-order valence-corrected chi connectivity index (χ2v) is 14.9. The Balaban J connectivity index is 1.17. The third-order valence-corrected chi connectivity index (χ3v) is 11.5. The van der Waals surface area contributed by atoms with Crippen molar-refractivity contribution in [1.82, 2.24) is 4.57 Å². The summed E-state index contributed by atoms with van der Waals surface area (Å²) < 4.78 is 2.45. The fourth-order valence-corrected chi connectivity index (χ4v) is 8.94. The lowest BCUT2D eigenvalue weighted by Crippen LogP contribution is -2.11. The van der Waals surface area contributed by atoms with Crippen molar-refractivity contribution in [1.29, 1.82) is 0 Å². The summed E-state index contributed by atoms with van der Waals surface area (Å²) in [5, 5.41) is 7.45. The molecule has 2 nitrogen and oxygen atoms in total. The van der Waals surface area contributed by atoms with Crippen LogP contribution in [0, 0.1) is 0 Å². The van der Waals surface area contributed by atoms with Gasteiger partial charge in [-0.1, -0.05) is 182 Å². The van der Waals surface area contributed by atoms with Crippen molar-refractivity contribution in [3.8, 4) is 39.1 Å². The minimum atomic E-state index is 1.09. The molecule has 0 aliphatic carbocycles. The van der Waals surface area contributed by atoms with Gasteiger partial charge < -0.3 is 9.47 Å². The molecule has 0 spiro atoms. The first-order valence-electron chi connectivity index (χ1n) is 19.9. The van der Waals surface area contributed by atoms with E-state index >= 15 is 0 Å². The Bertz CT molecular complexity index is 3270. The van der Waals surface area contributed by atoms with Gasteiger partial charge in [-0.05, 0) is 92.3 Å². The van der Waals surface area contributed by atoms with E-state index in [4.69, 9.17) is 0 Å². The van der Waals surface area contributed by atoms with Gasteiger partial charge in [0.15, 0.2) is 0 Å². The highest BCUT2D eigenvalue weighted by molar-refractivity contribution is 6.20. The van der Waals surface area contributed by atoms with E-state index in [9.17, 15) is 0 Å². The Labute approximate surface area is 338 Å². The van der Waals surface area contributed by atoms with E-state index in [0.717, 1.165) is 28.3 Å². The summed E-state index contributed by atoms with van der Waals surface area (Å²) in [4.78, 5) is 2.43. The first-order chi connectivity index (χ1) is 28.8. The van der Waals surface area contributed by atoms with Crippen molar-refractivity contribution in [2.75, 3.05) is 4.90 Å². The molecular formula is C56H38N2. The van der Waals surface area contributed by atoms with Crippen molar-refractivity contribution in [2.24, 2.45) is 0 Å². The zero-order valence-corrected chi connectivity index (χ0v) is 31.8. The van der Waals surface area contributed by atoms with E-state index in [2.05, 4.69) is 240 Å². The van der Waals surface area contributed by atoms with Crippen molar-refractivity contribution < 1.29 is 0 Å². The van der Waals surface area contributed by atoms with Crippen LogP contribution in [0.5, 0.6) is 0 Å². The van der Waals surface area contributed by atoms with E-state index in [1.54, 1.807) is 0 Å². The highest BCUT2D eigenvalue weighted by Gasteiger charge is 2.22. The molecule has 0 radical (unpaired) electrons. The molecule has 0 saturated carbocycles. The average Bonchev–Trinajstić information content (AvgIpc) is 3.65. The number of para-hydroxylation sites is 3. The van der Waals surface area contributed by atoms with Crippen LogP contribution < -0.4 is 4.90 Å². The van der Waals surface area contributed by atoms with E-state index < -0.39 is 0 Å². The lowest BCUT2D eigenvalue weighted by atomic mass is 9.94. The average molecular weight is 739 g/mol. The number of fused-ring (bicyclic) bond motifs is 6. The van der Waals surface area contributed by atoms with Crippen molar-refractivity contribution in [3.63, 3.8) is 0 Å². The summed E-state index contributed by atoms with van der Waals surface area (Å²) in [5.41, 5.74) is 14.0. The lowest BCUT2D eigenvalue weighted by molar-refractivity contribution is 1.18. The highest BCUT2D eigenvalue weighted by Crippen LogP contribution is 2.46. The molecule has 0 N–H and O–H groups in total. The molecule has 0 atom stereocenters. The molecule has 10 aromatic carbocycles. The predicted octanol–water partition coefficient (Wildman–Crippen LogP) is 15.6. The smallest absolute Gasteiger partial charge is 0.0625 e.